The average molecular weight is 534 g/mol. The van der Waals surface area contributed by atoms with Gasteiger partial charge in [0.2, 0.25) is 5.75 Å². The molecular formula is C22H39IN4O3. The van der Waals surface area contributed by atoms with E-state index in [4.69, 9.17) is 14.2 Å². The highest BCUT2D eigenvalue weighted by atomic mass is 127. The molecule has 0 saturated heterocycles. The Morgan fingerprint density at radius 1 is 1.03 bits per heavy atom. The minimum atomic E-state index is 0. The van der Waals surface area contributed by atoms with E-state index in [0.29, 0.717) is 29.8 Å². The third-order valence-corrected chi connectivity index (χ3v) is 5.74. The van der Waals surface area contributed by atoms with E-state index in [1.807, 2.05) is 12.1 Å². The number of rotatable bonds is 9. The summed E-state index contributed by atoms with van der Waals surface area (Å²) in [5.74, 6) is 3.44. The van der Waals surface area contributed by atoms with Crippen LogP contribution in [0.15, 0.2) is 17.1 Å². The standard InChI is InChI=1S/C22H38N4O3.HI/c1-23-22(25-15-18(26(2)3)17-10-8-7-9-11-17)24-14-16-12-19(27-4)21(29-6)20(13-16)28-5;/h12-13,17-18H,7-11,14-15H2,1-6H3,(H2,23,24,25);1H. The predicted molar refractivity (Wildman–Crippen MR) is 134 cm³/mol. The molecular weight excluding hydrogens is 495 g/mol. The number of aliphatic imine (C=N–C) groups is 1. The van der Waals surface area contributed by atoms with Crippen molar-refractivity contribution < 1.29 is 14.2 Å². The van der Waals surface area contributed by atoms with Crippen LogP contribution in [0.4, 0.5) is 0 Å². The second-order valence-corrected chi connectivity index (χ2v) is 7.77. The zero-order valence-electron chi connectivity index (χ0n) is 19.3. The van der Waals surface area contributed by atoms with Crippen molar-refractivity contribution >= 4 is 29.9 Å². The number of nitrogens with zero attached hydrogens (tertiary/aromatic N) is 2. The first-order chi connectivity index (χ1) is 14.0. The van der Waals surface area contributed by atoms with Crippen LogP contribution in [0.5, 0.6) is 17.2 Å². The van der Waals surface area contributed by atoms with E-state index in [1.165, 1.54) is 32.1 Å². The van der Waals surface area contributed by atoms with Gasteiger partial charge in [-0.05, 0) is 50.6 Å². The van der Waals surface area contributed by atoms with Gasteiger partial charge in [0.25, 0.3) is 0 Å². The highest BCUT2D eigenvalue weighted by Crippen LogP contribution is 2.38. The van der Waals surface area contributed by atoms with Crippen molar-refractivity contribution in [3.05, 3.63) is 17.7 Å². The minimum absolute atomic E-state index is 0. The van der Waals surface area contributed by atoms with Gasteiger partial charge in [0, 0.05) is 26.2 Å². The van der Waals surface area contributed by atoms with Gasteiger partial charge in [0.15, 0.2) is 17.5 Å². The van der Waals surface area contributed by atoms with Crippen LogP contribution in [0.3, 0.4) is 0 Å². The van der Waals surface area contributed by atoms with Gasteiger partial charge < -0.3 is 29.7 Å². The number of halogens is 1. The number of methoxy groups -OCH3 is 3. The van der Waals surface area contributed by atoms with Crippen LogP contribution in [0, 0.1) is 5.92 Å². The number of likely N-dealkylation sites (N-methyl/N-ethyl adjacent to an activating group) is 1. The topological polar surface area (TPSA) is 67.4 Å². The van der Waals surface area contributed by atoms with Crippen LogP contribution < -0.4 is 24.8 Å². The van der Waals surface area contributed by atoms with Gasteiger partial charge in [-0.25, -0.2) is 0 Å². The number of guanidine groups is 1. The van der Waals surface area contributed by atoms with Crippen LogP contribution >= 0.6 is 24.0 Å². The maximum absolute atomic E-state index is 5.44. The molecule has 2 N–H and O–H groups in total. The molecule has 1 aromatic rings. The zero-order valence-corrected chi connectivity index (χ0v) is 21.6. The molecule has 1 aliphatic rings. The molecule has 1 aromatic carbocycles. The quantitative estimate of drug-likeness (QED) is 0.287. The van der Waals surface area contributed by atoms with Gasteiger partial charge in [0.05, 0.1) is 21.3 Å². The number of benzene rings is 1. The summed E-state index contributed by atoms with van der Waals surface area (Å²) in [5.41, 5.74) is 1.03. The molecule has 0 spiro atoms. The Bertz CT molecular complexity index is 639. The molecule has 7 nitrogen and oxygen atoms in total. The Balaban J connectivity index is 0.00000450. The summed E-state index contributed by atoms with van der Waals surface area (Å²) in [7, 11) is 11.0. The van der Waals surface area contributed by atoms with Crippen molar-refractivity contribution in [1.82, 2.24) is 15.5 Å². The van der Waals surface area contributed by atoms with E-state index in [0.717, 1.165) is 24.0 Å². The van der Waals surface area contributed by atoms with Crippen LogP contribution in [-0.4, -0.2) is 65.9 Å². The van der Waals surface area contributed by atoms with Crippen molar-refractivity contribution in [1.29, 1.82) is 0 Å². The van der Waals surface area contributed by atoms with E-state index in [9.17, 15) is 0 Å². The predicted octanol–water partition coefficient (Wildman–Crippen LogP) is 3.51. The lowest BCUT2D eigenvalue weighted by Crippen LogP contribution is -2.48. The van der Waals surface area contributed by atoms with Crippen molar-refractivity contribution in [2.45, 2.75) is 44.7 Å². The fraction of sp³-hybridized carbons (Fsp3) is 0.682. The molecule has 172 valence electrons. The lowest BCUT2D eigenvalue weighted by atomic mass is 9.83. The maximum Gasteiger partial charge on any atom is 0.203 e. The van der Waals surface area contributed by atoms with E-state index in [2.05, 4.69) is 34.6 Å². The molecule has 1 fully saturated rings. The van der Waals surface area contributed by atoms with Crippen molar-refractivity contribution in [3.63, 3.8) is 0 Å². The fourth-order valence-corrected chi connectivity index (χ4v) is 4.13. The first-order valence-corrected chi connectivity index (χ1v) is 10.4. The summed E-state index contributed by atoms with van der Waals surface area (Å²) in [4.78, 5) is 6.73. The SMILES string of the molecule is CN=C(NCc1cc(OC)c(OC)c(OC)c1)NCC(C1CCCCC1)N(C)C.I. The second-order valence-electron chi connectivity index (χ2n) is 7.77. The first-order valence-electron chi connectivity index (χ1n) is 10.4. The summed E-state index contributed by atoms with van der Waals surface area (Å²) in [6.45, 7) is 1.49. The zero-order chi connectivity index (χ0) is 21.2. The molecule has 0 amide bonds. The van der Waals surface area contributed by atoms with Gasteiger partial charge in [0.1, 0.15) is 0 Å². The Labute approximate surface area is 199 Å². The van der Waals surface area contributed by atoms with Gasteiger partial charge in [-0.15, -0.1) is 24.0 Å². The third kappa shape index (κ3) is 7.37. The first kappa shape index (κ1) is 26.6. The molecule has 0 radical (unpaired) electrons. The van der Waals surface area contributed by atoms with Crippen LogP contribution in [0.25, 0.3) is 0 Å². The molecule has 1 aliphatic carbocycles. The number of ether oxygens (including phenoxy) is 3. The molecule has 2 rings (SSSR count). The van der Waals surface area contributed by atoms with Crippen molar-refractivity contribution in [3.8, 4) is 17.2 Å². The molecule has 30 heavy (non-hydrogen) atoms. The molecule has 8 heteroatoms. The number of nitrogens with one attached hydrogen (secondary N) is 2. The third-order valence-electron chi connectivity index (χ3n) is 5.74. The van der Waals surface area contributed by atoms with E-state index in [1.54, 1.807) is 28.4 Å². The van der Waals surface area contributed by atoms with Crippen molar-refractivity contribution in [2.75, 3.05) is 49.0 Å². The van der Waals surface area contributed by atoms with Crippen LogP contribution in [-0.2, 0) is 6.54 Å². The summed E-state index contributed by atoms with van der Waals surface area (Å²) in [6.07, 6.45) is 6.72. The number of hydrogen-bond acceptors (Lipinski definition) is 5. The highest BCUT2D eigenvalue weighted by Gasteiger charge is 2.25. The monoisotopic (exact) mass is 534 g/mol. The molecule has 0 heterocycles. The van der Waals surface area contributed by atoms with Crippen LogP contribution in [0.1, 0.15) is 37.7 Å². The molecule has 1 unspecified atom stereocenters. The van der Waals surface area contributed by atoms with Gasteiger partial charge >= 0.3 is 0 Å². The summed E-state index contributed by atoms with van der Waals surface area (Å²) in [6, 6.07) is 4.41. The average Bonchev–Trinajstić information content (AvgIpc) is 2.75. The lowest BCUT2D eigenvalue weighted by Gasteiger charge is -2.35. The molecule has 0 aromatic heterocycles. The fourth-order valence-electron chi connectivity index (χ4n) is 4.13. The largest absolute Gasteiger partial charge is 0.493 e. The highest BCUT2D eigenvalue weighted by molar-refractivity contribution is 14.0. The van der Waals surface area contributed by atoms with E-state index >= 15 is 0 Å². The van der Waals surface area contributed by atoms with E-state index < -0.39 is 0 Å². The van der Waals surface area contributed by atoms with Gasteiger partial charge in [-0.2, -0.15) is 0 Å². The van der Waals surface area contributed by atoms with E-state index in [-0.39, 0.29) is 24.0 Å². The number of hydrogen-bond donors (Lipinski definition) is 2. The molecule has 1 atom stereocenters. The minimum Gasteiger partial charge on any atom is -0.493 e. The van der Waals surface area contributed by atoms with Gasteiger partial charge in [-0.1, -0.05) is 19.3 Å². The normalized spacial score (nSPS) is 15.9. The van der Waals surface area contributed by atoms with Crippen molar-refractivity contribution in [2.24, 2.45) is 10.9 Å². The van der Waals surface area contributed by atoms with Crippen LogP contribution in [0.2, 0.25) is 0 Å². The molecule has 0 aliphatic heterocycles. The van der Waals surface area contributed by atoms with Gasteiger partial charge in [-0.3, -0.25) is 4.99 Å². The summed E-state index contributed by atoms with van der Waals surface area (Å²) < 4.78 is 16.3. The Kier molecular flexibility index (Phi) is 12.2. The summed E-state index contributed by atoms with van der Waals surface area (Å²) in [5, 5.41) is 6.90. The lowest BCUT2D eigenvalue weighted by molar-refractivity contribution is 0.171. The maximum atomic E-state index is 5.44. The summed E-state index contributed by atoms with van der Waals surface area (Å²) >= 11 is 0. The Morgan fingerprint density at radius 2 is 1.63 bits per heavy atom. The smallest absolute Gasteiger partial charge is 0.203 e. The second kappa shape index (κ2) is 13.8. The Hall–Kier alpha value is -1.42. The molecule has 0 bridgehead atoms. The molecule has 1 saturated carbocycles. The Morgan fingerprint density at radius 3 is 2.10 bits per heavy atom.